The maximum absolute atomic E-state index is 14.1. The molecule has 47 heavy (non-hydrogen) atoms. The van der Waals surface area contributed by atoms with Crippen molar-refractivity contribution in [2.24, 2.45) is 16.5 Å². The van der Waals surface area contributed by atoms with E-state index >= 15 is 0 Å². The quantitative estimate of drug-likeness (QED) is 0.103. The molecular formula is C35H46N4O7S. The van der Waals surface area contributed by atoms with E-state index in [0.717, 1.165) is 10.5 Å². The highest BCUT2D eigenvalue weighted by atomic mass is 32.2. The van der Waals surface area contributed by atoms with Crippen molar-refractivity contribution in [3.63, 3.8) is 0 Å². The molecule has 3 atom stereocenters. The van der Waals surface area contributed by atoms with E-state index < -0.39 is 45.6 Å². The number of sulfonamides is 1. The van der Waals surface area contributed by atoms with E-state index in [1.807, 2.05) is 50.2 Å². The molecule has 0 aliphatic heterocycles. The van der Waals surface area contributed by atoms with Crippen LogP contribution in [0.1, 0.15) is 51.3 Å². The first kappa shape index (κ1) is 37.2. The molecule has 0 radical (unpaired) electrons. The minimum absolute atomic E-state index is 0.00473. The number of carbonyl (C=O) groups excluding carboxylic acids is 1. The third-order valence-corrected chi connectivity index (χ3v) is 9.44. The van der Waals surface area contributed by atoms with Gasteiger partial charge in [0.2, 0.25) is 15.9 Å². The molecule has 0 unspecified atom stereocenters. The lowest BCUT2D eigenvalue weighted by atomic mass is 9.84. The standard InChI is InChI=1S/C35H46N4O7S/c1-25(2)22-38(47(45,46)29-18-16-27(17-19-29)21-36-44)24-31(40)30(20-26-12-8-6-9-13-26)37-33(41)32(35(3,4)5)39(34(42)43)23-28-14-10-7-11-15-28/h6-19,21,25,30-32,40,44H,20,22-24H2,1-5H3,(H,37,41)(H,42,43)/b36-21+/t30-,31+,32+/m0/s1. The van der Waals surface area contributed by atoms with Crippen LogP contribution in [-0.4, -0.2) is 82.5 Å². The van der Waals surface area contributed by atoms with Gasteiger partial charge >= 0.3 is 6.09 Å². The second kappa shape index (κ2) is 16.5. The Labute approximate surface area is 277 Å². The van der Waals surface area contributed by atoms with Gasteiger partial charge < -0.3 is 20.7 Å². The number of benzene rings is 3. The molecule has 0 aromatic heterocycles. The smallest absolute Gasteiger partial charge is 0.408 e. The van der Waals surface area contributed by atoms with Crippen molar-refractivity contribution in [2.45, 2.75) is 70.7 Å². The molecule has 0 bridgehead atoms. The zero-order chi connectivity index (χ0) is 34.8. The van der Waals surface area contributed by atoms with Crippen LogP contribution in [0, 0.1) is 11.3 Å². The maximum Gasteiger partial charge on any atom is 0.408 e. The van der Waals surface area contributed by atoms with E-state index in [0.29, 0.717) is 11.1 Å². The molecule has 0 aliphatic carbocycles. The van der Waals surface area contributed by atoms with Gasteiger partial charge in [-0.25, -0.2) is 13.2 Å². The Hall–Kier alpha value is -4.26. The molecule has 11 nitrogen and oxygen atoms in total. The number of oxime groups is 1. The van der Waals surface area contributed by atoms with E-state index in [9.17, 15) is 28.2 Å². The van der Waals surface area contributed by atoms with Gasteiger partial charge in [-0.1, -0.05) is 113 Å². The molecule has 0 heterocycles. The molecule has 2 amide bonds. The van der Waals surface area contributed by atoms with Crippen LogP contribution < -0.4 is 5.32 Å². The molecule has 0 spiro atoms. The van der Waals surface area contributed by atoms with Crippen LogP contribution in [0.15, 0.2) is 95.0 Å². The molecule has 3 aromatic carbocycles. The Kier molecular flexibility index (Phi) is 13.1. The third kappa shape index (κ3) is 10.6. The lowest BCUT2D eigenvalue weighted by molar-refractivity contribution is -0.131. The zero-order valence-electron chi connectivity index (χ0n) is 27.5. The van der Waals surface area contributed by atoms with Crippen molar-refractivity contribution in [1.29, 1.82) is 0 Å². The highest BCUT2D eigenvalue weighted by molar-refractivity contribution is 7.89. The molecule has 0 saturated carbocycles. The second-order valence-corrected chi connectivity index (χ2v) is 15.0. The van der Waals surface area contributed by atoms with E-state index in [1.54, 1.807) is 45.0 Å². The van der Waals surface area contributed by atoms with Crippen LogP contribution in [-0.2, 0) is 27.8 Å². The fraction of sp³-hybridized carbons (Fsp3) is 0.400. The highest BCUT2D eigenvalue weighted by Crippen LogP contribution is 2.27. The topological polar surface area (TPSA) is 160 Å². The van der Waals surface area contributed by atoms with Gasteiger partial charge in [0.1, 0.15) is 6.04 Å². The first-order valence-electron chi connectivity index (χ1n) is 15.5. The molecule has 3 rings (SSSR count). The Morgan fingerprint density at radius 1 is 0.894 bits per heavy atom. The molecule has 4 N–H and O–H groups in total. The van der Waals surface area contributed by atoms with Crippen molar-refractivity contribution >= 4 is 28.2 Å². The lowest BCUT2D eigenvalue weighted by Gasteiger charge is -2.39. The molecule has 254 valence electrons. The number of carbonyl (C=O) groups is 2. The van der Waals surface area contributed by atoms with Crippen molar-refractivity contribution in [3.05, 3.63) is 102 Å². The predicted octanol–water partition coefficient (Wildman–Crippen LogP) is 4.82. The maximum atomic E-state index is 14.1. The first-order valence-corrected chi connectivity index (χ1v) is 16.9. The minimum Gasteiger partial charge on any atom is -0.465 e. The average molecular weight is 667 g/mol. The molecule has 0 fully saturated rings. The SMILES string of the molecule is CC(C)CN(C[C@@H](O)[C@H](Cc1ccccc1)NC(=O)[C@@H](N(Cc1ccccc1)C(=O)O)C(C)(C)C)S(=O)(=O)c1ccc(/C=N/O)cc1. The van der Waals surface area contributed by atoms with Gasteiger partial charge in [0, 0.05) is 19.6 Å². The first-order chi connectivity index (χ1) is 22.1. The Balaban J connectivity index is 1.97. The molecule has 0 saturated heterocycles. The number of carboxylic acid groups (broad SMARTS) is 1. The summed E-state index contributed by atoms with van der Waals surface area (Å²) in [5.74, 6) is -0.692. The molecule has 3 aromatic rings. The van der Waals surface area contributed by atoms with E-state index in [1.165, 1.54) is 34.8 Å². The summed E-state index contributed by atoms with van der Waals surface area (Å²) in [5, 5.41) is 36.6. The Morgan fingerprint density at radius 2 is 1.45 bits per heavy atom. The van der Waals surface area contributed by atoms with Crippen molar-refractivity contribution < 1.29 is 33.4 Å². The van der Waals surface area contributed by atoms with Crippen molar-refractivity contribution in [1.82, 2.24) is 14.5 Å². The number of aliphatic hydroxyl groups excluding tert-OH is 1. The highest BCUT2D eigenvalue weighted by Gasteiger charge is 2.41. The largest absolute Gasteiger partial charge is 0.465 e. The molecule has 12 heteroatoms. The summed E-state index contributed by atoms with van der Waals surface area (Å²) in [6, 6.07) is 21.9. The Bertz CT molecular complexity index is 1580. The van der Waals surface area contributed by atoms with Gasteiger partial charge in [-0.3, -0.25) is 9.69 Å². The van der Waals surface area contributed by atoms with Gasteiger partial charge in [-0.15, -0.1) is 0 Å². The number of nitrogens with one attached hydrogen (secondary N) is 1. The van der Waals surface area contributed by atoms with E-state index in [4.69, 9.17) is 5.21 Å². The fourth-order valence-corrected chi connectivity index (χ4v) is 7.04. The van der Waals surface area contributed by atoms with Crippen LogP contribution in [0.25, 0.3) is 0 Å². The normalized spacial score (nSPS) is 14.2. The summed E-state index contributed by atoms with van der Waals surface area (Å²) in [6.45, 7) is 8.78. The van der Waals surface area contributed by atoms with Gasteiger partial charge in [-0.05, 0) is 46.6 Å². The van der Waals surface area contributed by atoms with Crippen LogP contribution in [0.4, 0.5) is 4.79 Å². The average Bonchev–Trinajstić information content (AvgIpc) is 3.00. The van der Waals surface area contributed by atoms with Crippen LogP contribution in [0.3, 0.4) is 0 Å². The van der Waals surface area contributed by atoms with Gasteiger partial charge in [0.15, 0.2) is 0 Å². The van der Waals surface area contributed by atoms with Gasteiger partial charge in [0.25, 0.3) is 0 Å². The van der Waals surface area contributed by atoms with Crippen LogP contribution >= 0.6 is 0 Å². The summed E-state index contributed by atoms with van der Waals surface area (Å²) in [6.07, 6.45) is -1.28. The number of rotatable bonds is 15. The van der Waals surface area contributed by atoms with Gasteiger partial charge in [0.05, 0.1) is 23.3 Å². The minimum atomic E-state index is -4.09. The monoisotopic (exact) mass is 666 g/mol. The number of aliphatic hydroxyl groups is 1. The summed E-state index contributed by atoms with van der Waals surface area (Å²) < 4.78 is 28.8. The third-order valence-electron chi connectivity index (χ3n) is 7.60. The number of nitrogens with zero attached hydrogens (tertiary/aromatic N) is 3. The summed E-state index contributed by atoms with van der Waals surface area (Å²) in [7, 11) is -4.09. The number of amides is 2. The van der Waals surface area contributed by atoms with E-state index in [-0.39, 0.29) is 36.9 Å². The number of hydrogen-bond acceptors (Lipinski definition) is 7. The predicted molar refractivity (Wildman–Crippen MR) is 181 cm³/mol. The summed E-state index contributed by atoms with van der Waals surface area (Å²) in [5.41, 5.74) is 1.18. The zero-order valence-corrected chi connectivity index (χ0v) is 28.3. The summed E-state index contributed by atoms with van der Waals surface area (Å²) in [4.78, 5) is 27.8. The number of hydrogen-bond donors (Lipinski definition) is 4. The lowest BCUT2D eigenvalue weighted by Crippen LogP contribution is -2.59. The fourth-order valence-electron chi connectivity index (χ4n) is 5.42. The van der Waals surface area contributed by atoms with Crippen molar-refractivity contribution in [2.75, 3.05) is 13.1 Å². The van der Waals surface area contributed by atoms with E-state index in [2.05, 4.69) is 10.5 Å². The molecule has 0 aliphatic rings. The van der Waals surface area contributed by atoms with Crippen LogP contribution in [0.5, 0.6) is 0 Å². The Morgan fingerprint density at radius 3 is 1.94 bits per heavy atom. The molecular weight excluding hydrogens is 620 g/mol. The summed E-state index contributed by atoms with van der Waals surface area (Å²) >= 11 is 0. The van der Waals surface area contributed by atoms with Gasteiger partial charge in [-0.2, -0.15) is 4.31 Å². The van der Waals surface area contributed by atoms with Crippen molar-refractivity contribution in [3.8, 4) is 0 Å². The second-order valence-electron chi connectivity index (χ2n) is 13.1. The van der Waals surface area contributed by atoms with Crippen LogP contribution in [0.2, 0.25) is 0 Å².